The number of nitro groups is 1. The number of nitrogens with zero attached hydrogens (tertiary/aromatic N) is 2. The molecule has 36 heavy (non-hydrogen) atoms. The molecule has 184 valence electrons. The SMILES string of the molecule is CCCCC(=O)Nc1oc(-c2ccccc2-c2ccc([N+](=O)[O-])cc2O)nc1-c1cccc(OC)c1. The third kappa shape index (κ3) is 5.20. The van der Waals surface area contributed by atoms with Crippen molar-refractivity contribution in [2.75, 3.05) is 12.4 Å². The summed E-state index contributed by atoms with van der Waals surface area (Å²) in [6.07, 6.45) is 1.96. The molecule has 1 amide bonds. The summed E-state index contributed by atoms with van der Waals surface area (Å²) in [7, 11) is 1.56. The van der Waals surface area contributed by atoms with Gasteiger partial charge in [0.1, 0.15) is 17.2 Å². The molecule has 0 saturated carbocycles. The van der Waals surface area contributed by atoms with Crippen molar-refractivity contribution in [3.05, 3.63) is 76.8 Å². The van der Waals surface area contributed by atoms with E-state index in [1.807, 2.05) is 19.1 Å². The summed E-state index contributed by atoms with van der Waals surface area (Å²) in [5, 5.41) is 24.5. The van der Waals surface area contributed by atoms with Crippen LogP contribution in [0.25, 0.3) is 33.8 Å². The van der Waals surface area contributed by atoms with Gasteiger partial charge in [0.15, 0.2) is 0 Å². The van der Waals surface area contributed by atoms with Crippen LogP contribution in [0.3, 0.4) is 0 Å². The van der Waals surface area contributed by atoms with Gasteiger partial charge in [0.25, 0.3) is 5.69 Å². The van der Waals surface area contributed by atoms with Crippen molar-refractivity contribution in [2.24, 2.45) is 0 Å². The first-order valence-corrected chi connectivity index (χ1v) is 11.4. The van der Waals surface area contributed by atoms with Crippen LogP contribution in [0.5, 0.6) is 11.5 Å². The average Bonchev–Trinajstić information content (AvgIpc) is 3.30. The Morgan fingerprint density at radius 1 is 1.08 bits per heavy atom. The van der Waals surface area contributed by atoms with Crippen LogP contribution >= 0.6 is 0 Å². The maximum Gasteiger partial charge on any atom is 0.273 e. The second-order valence-corrected chi connectivity index (χ2v) is 8.08. The van der Waals surface area contributed by atoms with Crippen molar-refractivity contribution in [2.45, 2.75) is 26.2 Å². The number of carbonyl (C=O) groups is 1. The lowest BCUT2D eigenvalue weighted by molar-refractivity contribution is -0.384. The van der Waals surface area contributed by atoms with Crippen molar-refractivity contribution in [1.82, 2.24) is 4.98 Å². The Morgan fingerprint density at radius 2 is 1.86 bits per heavy atom. The predicted octanol–water partition coefficient (Wildman–Crippen LogP) is 6.43. The maximum absolute atomic E-state index is 12.5. The number of aromatic hydroxyl groups is 1. The fourth-order valence-electron chi connectivity index (χ4n) is 3.78. The first kappa shape index (κ1) is 24.5. The van der Waals surface area contributed by atoms with Crippen molar-refractivity contribution in [3.63, 3.8) is 0 Å². The first-order valence-electron chi connectivity index (χ1n) is 11.4. The van der Waals surface area contributed by atoms with Gasteiger partial charge in [-0.25, -0.2) is 4.98 Å². The fourth-order valence-corrected chi connectivity index (χ4v) is 3.78. The summed E-state index contributed by atoms with van der Waals surface area (Å²) in [5.74, 6) is 0.597. The third-order valence-electron chi connectivity index (χ3n) is 5.62. The quantitative estimate of drug-likeness (QED) is 0.206. The van der Waals surface area contributed by atoms with Gasteiger partial charge in [0.05, 0.1) is 18.1 Å². The van der Waals surface area contributed by atoms with Crippen LogP contribution in [0.2, 0.25) is 0 Å². The Hall–Kier alpha value is -4.66. The number of amides is 1. The zero-order valence-electron chi connectivity index (χ0n) is 19.9. The molecule has 0 radical (unpaired) electrons. The number of ether oxygens (including phenoxy) is 1. The van der Waals surface area contributed by atoms with E-state index in [0.717, 1.165) is 18.9 Å². The molecule has 0 aliphatic heterocycles. The lowest BCUT2D eigenvalue weighted by atomic mass is 9.98. The summed E-state index contributed by atoms with van der Waals surface area (Å²) >= 11 is 0. The van der Waals surface area contributed by atoms with Gasteiger partial charge in [-0.15, -0.1) is 0 Å². The Balaban J connectivity index is 1.82. The van der Waals surface area contributed by atoms with Crippen molar-refractivity contribution in [3.8, 4) is 45.3 Å². The molecule has 0 unspecified atom stereocenters. The minimum atomic E-state index is -0.572. The minimum Gasteiger partial charge on any atom is -0.507 e. The monoisotopic (exact) mass is 487 g/mol. The second kappa shape index (κ2) is 10.7. The van der Waals surface area contributed by atoms with Crippen LogP contribution in [0.1, 0.15) is 26.2 Å². The number of benzene rings is 3. The van der Waals surface area contributed by atoms with E-state index in [9.17, 15) is 20.0 Å². The third-order valence-corrected chi connectivity index (χ3v) is 5.62. The zero-order chi connectivity index (χ0) is 25.7. The molecule has 0 aliphatic rings. The van der Waals surface area contributed by atoms with Gasteiger partial charge in [0, 0.05) is 29.2 Å². The number of nitrogens with one attached hydrogen (secondary N) is 1. The smallest absolute Gasteiger partial charge is 0.273 e. The van der Waals surface area contributed by atoms with E-state index in [0.29, 0.717) is 40.1 Å². The number of aromatic nitrogens is 1. The maximum atomic E-state index is 12.5. The molecule has 9 nitrogen and oxygen atoms in total. The Morgan fingerprint density at radius 3 is 2.56 bits per heavy atom. The van der Waals surface area contributed by atoms with Gasteiger partial charge >= 0.3 is 0 Å². The molecule has 0 fully saturated rings. The molecule has 0 bridgehead atoms. The van der Waals surface area contributed by atoms with Crippen LogP contribution in [0.4, 0.5) is 11.6 Å². The zero-order valence-corrected chi connectivity index (χ0v) is 19.9. The molecule has 1 heterocycles. The second-order valence-electron chi connectivity index (χ2n) is 8.08. The molecule has 3 aromatic carbocycles. The topological polar surface area (TPSA) is 128 Å². The molecule has 0 aliphatic carbocycles. The van der Waals surface area contributed by atoms with Crippen LogP contribution in [0.15, 0.2) is 71.1 Å². The predicted molar refractivity (Wildman–Crippen MR) is 136 cm³/mol. The van der Waals surface area contributed by atoms with Gasteiger partial charge < -0.3 is 14.3 Å². The molecule has 4 rings (SSSR count). The number of unbranched alkanes of at least 4 members (excludes halogenated alkanes) is 1. The lowest BCUT2D eigenvalue weighted by Crippen LogP contribution is -2.11. The van der Waals surface area contributed by atoms with Gasteiger partial charge in [-0.2, -0.15) is 0 Å². The van der Waals surface area contributed by atoms with E-state index < -0.39 is 4.92 Å². The Labute approximate surface area is 207 Å². The van der Waals surface area contributed by atoms with E-state index in [2.05, 4.69) is 5.32 Å². The summed E-state index contributed by atoms with van der Waals surface area (Å²) in [5.41, 5.74) is 2.38. The molecule has 9 heteroatoms. The number of hydrogen-bond acceptors (Lipinski definition) is 7. The molecule has 0 saturated heterocycles. The molecule has 0 atom stereocenters. The number of rotatable bonds is 9. The number of methoxy groups -OCH3 is 1. The highest BCUT2D eigenvalue weighted by molar-refractivity contribution is 5.94. The summed E-state index contributed by atoms with van der Waals surface area (Å²) < 4.78 is 11.4. The normalized spacial score (nSPS) is 10.7. The van der Waals surface area contributed by atoms with Crippen LogP contribution in [-0.2, 0) is 4.79 Å². The van der Waals surface area contributed by atoms with Crippen LogP contribution in [0, 0.1) is 10.1 Å². The Kier molecular flexibility index (Phi) is 7.29. The molecule has 2 N–H and O–H groups in total. The van der Waals surface area contributed by atoms with Crippen molar-refractivity contribution in [1.29, 1.82) is 0 Å². The van der Waals surface area contributed by atoms with E-state index in [-0.39, 0.29) is 29.1 Å². The van der Waals surface area contributed by atoms with Gasteiger partial charge in [-0.1, -0.05) is 43.7 Å². The number of non-ortho nitro benzene ring substituents is 1. The molecule has 4 aromatic rings. The van der Waals surface area contributed by atoms with Crippen LogP contribution < -0.4 is 10.1 Å². The lowest BCUT2D eigenvalue weighted by Gasteiger charge is -2.09. The van der Waals surface area contributed by atoms with Gasteiger partial charge in [0.2, 0.25) is 17.7 Å². The summed E-state index contributed by atoms with van der Waals surface area (Å²) in [6, 6.07) is 18.2. The van der Waals surface area contributed by atoms with Crippen LogP contribution in [-0.4, -0.2) is 28.0 Å². The van der Waals surface area contributed by atoms with E-state index >= 15 is 0 Å². The highest BCUT2D eigenvalue weighted by Crippen LogP contribution is 2.41. The Bertz CT molecular complexity index is 1410. The van der Waals surface area contributed by atoms with Gasteiger partial charge in [-0.05, 0) is 36.2 Å². The van der Waals surface area contributed by atoms with Gasteiger partial charge in [-0.3, -0.25) is 20.2 Å². The largest absolute Gasteiger partial charge is 0.507 e. The fraction of sp³-hybridized carbons (Fsp3) is 0.185. The number of anilines is 1. The van der Waals surface area contributed by atoms with E-state index in [4.69, 9.17) is 14.1 Å². The molecule has 0 spiro atoms. The minimum absolute atomic E-state index is 0.190. The number of phenols is 1. The number of oxazole rings is 1. The molecule has 1 aromatic heterocycles. The summed E-state index contributed by atoms with van der Waals surface area (Å²) in [6.45, 7) is 2.01. The van der Waals surface area contributed by atoms with E-state index in [1.54, 1.807) is 43.5 Å². The standard InChI is InChI=1S/C27H25N3O6/c1-3-4-12-24(32)28-27-25(17-8-7-9-19(15-17)35-2)29-26(36-27)22-11-6-5-10-20(22)21-14-13-18(30(33)34)16-23(21)31/h5-11,13-16,31H,3-4,12H2,1-2H3,(H,28,32). The number of hydrogen-bond donors (Lipinski definition) is 2. The molecular weight excluding hydrogens is 462 g/mol. The first-order chi connectivity index (χ1) is 17.4. The number of carbonyl (C=O) groups excluding carboxylic acids is 1. The number of nitro benzene ring substituents is 1. The summed E-state index contributed by atoms with van der Waals surface area (Å²) in [4.78, 5) is 27.7. The number of phenolic OH excluding ortho intramolecular Hbond substituents is 1. The average molecular weight is 488 g/mol. The highest BCUT2D eigenvalue weighted by Gasteiger charge is 2.22. The molecular formula is C27H25N3O6. The van der Waals surface area contributed by atoms with E-state index in [1.165, 1.54) is 12.1 Å². The van der Waals surface area contributed by atoms with Crippen molar-refractivity contribution >= 4 is 17.5 Å². The highest BCUT2D eigenvalue weighted by atomic mass is 16.6. The van der Waals surface area contributed by atoms with Crippen molar-refractivity contribution < 1.29 is 24.0 Å².